The quantitative estimate of drug-likeness (QED) is 0.667. The maximum atomic E-state index is 13.2. The number of nitrogens with one attached hydrogen (secondary N) is 1. The number of aromatic nitrogens is 3. The smallest absolute Gasteiger partial charge is 0.417 e. The normalized spacial score (nSPS) is 16.9. The third-order valence-corrected chi connectivity index (χ3v) is 5.05. The van der Waals surface area contributed by atoms with Crippen LogP contribution in [0.5, 0.6) is 0 Å². The molecule has 1 atom stereocenters. The van der Waals surface area contributed by atoms with Crippen LogP contribution in [0.25, 0.3) is 11.5 Å². The van der Waals surface area contributed by atoms with E-state index in [0.717, 1.165) is 25.1 Å². The first-order valence-corrected chi connectivity index (χ1v) is 9.78. The topological polar surface area (TPSA) is 84.2 Å². The molecule has 1 aliphatic heterocycles. The number of aryl methyl sites for hydroxylation is 1. The van der Waals surface area contributed by atoms with Crippen LogP contribution in [0.1, 0.15) is 34.6 Å². The molecule has 1 saturated heterocycles. The Labute approximate surface area is 176 Å². The van der Waals surface area contributed by atoms with Gasteiger partial charge in [-0.05, 0) is 44.0 Å². The van der Waals surface area contributed by atoms with E-state index in [-0.39, 0.29) is 17.6 Å². The molecule has 1 amide bonds. The summed E-state index contributed by atoms with van der Waals surface area (Å²) in [6.07, 6.45) is 0.807. The Bertz CT molecular complexity index is 1050. The molecule has 0 bridgehead atoms. The highest BCUT2D eigenvalue weighted by Gasteiger charge is 2.31. The summed E-state index contributed by atoms with van der Waals surface area (Å²) in [6, 6.07) is 5.68. The minimum Gasteiger partial charge on any atom is -0.444 e. The van der Waals surface area contributed by atoms with Crippen molar-refractivity contribution in [2.45, 2.75) is 32.0 Å². The van der Waals surface area contributed by atoms with Crippen LogP contribution >= 0.6 is 0 Å². The predicted molar refractivity (Wildman–Crippen MR) is 106 cm³/mol. The van der Waals surface area contributed by atoms with Crippen molar-refractivity contribution < 1.29 is 22.4 Å². The molecule has 4 heterocycles. The van der Waals surface area contributed by atoms with Crippen molar-refractivity contribution in [3.63, 3.8) is 0 Å². The van der Waals surface area contributed by atoms with Crippen molar-refractivity contribution >= 4 is 11.7 Å². The summed E-state index contributed by atoms with van der Waals surface area (Å²) in [5.41, 5.74) is 0.665. The lowest BCUT2D eigenvalue weighted by atomic mass is 10.0. The van der Waals surface area contributed by atoms with Gasteiger partial charge in [0.1, 0.15) is 17.8 Å². The van der Waals surface area contributed by atoms with Gasteiger partial charge in [-0.3, -0.25) is 4.79 Å². The third-order valence-electron chi connectivity index (χ3n) is 5.05. The zero-order valence-corrected chi connectivity index (χ0v) is 16.7. The maximum Gasteiger partial charge on any atom is 0.417 e. The summed E-state index contributed by atoms with van der Waals surface area (Å²) >= 11 is 0. The number of hydrogen-bond donors (Lipinski definition) is 1. The molecule has 1 N–H and O–H groups in total. The van der Waals surface area contributed by atoms with E-state index in [1.54, 1.807) is 24.0 Å². The Morgan fingerprint density at radius 2 is 2.06 bits per heavy atom. The molecule has 0 saturated carbocycles. The van der Waals surface area contributed by atoms with Crippen molar-refractivity contribution in [1.29, 1.82) is 0 Å². The van der Waals surface area contributed by atoms with Crippen molar-refractivity contribution in [2.75, 3.05) is 18.4 Å². The van der Waals surface area contributed by atoms with E-state index in [0.29, 0.717) is 36.1 Å². The second kappa shape index (κ2) is 8.37. The highest BCUT2D eigenvalue weighted by molar-refractivity contribution is 5.98. The standard InChI is InChI=1S/C21H20F3N5O2/c1-13-4-6-16(19-25-8-10-31-19)18(27-13)20(30)29-9-2-3-15(12-29)28-17-7-5-14(11-26-17)21(22,23)24/h4-8,10-11,15H,2-3,9,12H2,1H3,(H,26,28). The number of likely N-dealkylation sites (tertiary alicyclic amines) is 1. The number of halogens is 3. The van der Waals surface area contributed by atoms with E-state index in [1.807, 2.05) is 0 Å². The number of carbonyl (C=O) groups is 1. The minimum atomic E-state index is -4.43. The van der Waals surface area contributed by atoms with Crippen LogP contribution in [0.2, 0.25) is 0 Å². The molecule has 0 aromatic carbocycles. The predicted octanol–water partition coefficient (Wildman–Crippen LogP) is 4.18. The molecule has 3 aromatic rings. The Kier molecular flexibility index (Phi) is 5.62. The SMILES string of the molecule is Cc1ccc(-c2ncco2)c(C(=O)N2CCCC(Nc3ccc(C(F)(F)F)cn3)C2)n1. The number of anilines is 1. The summed E-state index contributed by atoms with van der Waals surface area (Å²) in [7, 11) is 0. The highest BCUT2D eigenvalue weighted by Crippen LogP contribution is 2.29. The van der Waals surface area contributed by atoms with Crippen LogP contribution in [-0.2, 0) is 6.18 Å². The fraction of sp³-hybridized carbons (Fsp3) is 0.333. The average Bonchev–Trinajstić information content (AvgIpc) is 3.28. The Balaban J connectivity index is 1.49. The lowest BCUT2D eigenvalue weighted by Gasteiger charge is -2.33. The number of nitrogens with zero attached hydrogens (tertiary/aromatic N) is 4. The minimum absolute atomic E-state index is 0.142. The second-order valence-electron chi connectivity index (χ2n) is 7.35. The van der Waals surface area contributed by atoms with E-state index < -0.39 is 11.7 Å². The van der Waals surface area contributed by atoms with E-state index in [9.17, 15) is 18.0 Å². The number of amides is 1. The molecule has 3 aromatic heterocycles. The van der Waals surface area contributed by atoms with Gasteiger partial charge in [-0.15, -0.1) is 0 Å². The van der Waals surface area contributed by atoms with Gasteiger partial charge in [0.15, 0.2) is 0 Å². The van der Waals surface area contributed by atoms with Gasteiger partial charge in [0.25, 0.3) is 5.91 Å². The molecule has 1 fully saturated rings. The zero-order valence-electron chi connectivity index (χ0n) is 16.7. The Morgan fingerprint density at radius 1 is 1.23 bits per heavy atom. The number of rotatable bonds is 4. The van der Waals surface area contributed by atoms with E-state index in [4.69, 9.17) is 4.42 Å². The molecule has 0 aliphatic carbocycles. The molecule has 31 heavy (non-hydrogen) atoms. The fourth-order valence-electron chi connectivity index (χ4n) is 3.53. The molecule has 162 valence electrons. The molecular weight excluding hydrogens is 411 g/mol. The van der Waals surface area contributed by atoms with E-state index in [2.05, 4.69) is 20.3 Å². The second-order valence-corrected chi connectivity index (χ2v) is 7.35. The Hall–Kier alpha value is -3.43. The largest absolute Gasteiger partial charge is 0.444 e. The third kappa shape index (κ3) is 4.68. The van der Waals surface area contributed by atoms with Crippen molar-refractivity contribution in [2.24, 2.45) is 0 Å². The molecule has 7 nitrogen and oxygen atoms in total. The molecular formula is C21H20F3N5O2. The van der Waals surface area contributed by atoms with Gasteiger partial charge in [-0.2, -0.15) is 13.2 Å². The van der Waals surface area contributed by atoms with Crippen LogP contribution in [-0.4, -0.2) is 44.9 Å². The lowest BCUT2D eigenvalue weighted by Crippen LogP contribution is -2.45. The highest BCUT2D eigenvalue weighted by atomic mass is 19.4. The maximum absolute atomic E-state index is 13.2. The summed E-state index contributed by atoms with van der Waals surface area (Å²) in [4.78, 5) is 27.3. The first-order valence-electron chi connectivity index (χ1n) is 9.78. The summed E-state index contributed by atoms with van der Waals surface area (Å²) in [6.45, 7) is 2.73. The van der Waals surface area contributed by atoms with Crippen molar-refractivity contribution in [3.05, 3.63) is 59.9 Å². The first kappa shape index (κ1) is 20.8. The molecule has 0 radical (unpaired) electrons. The summed E-state index contributed by atoms with van der Waals surface area (Å²) < 4.78 is 43.5. The van der Waals surface area contributed by atoms with Crippen LogP contribution < -0.4 is 5.32 Å². The van der Waals surface area contributed by atoms with Crippen LogP contribution in [0.3, 0.4) is 0 Å². The fourth-order valence-corrected chi connectivity index (χ4v) is 3.53. The number of pyridine rings is 2. The molecule has 10 heteroatoms. The molecule has 1 unspecified atom stereocenters. The molecule has 4 rings (SSSR count). The van der Waals surface area contributed by atoms with Crippen LogP contribution in [0.15, 0.2) is 47.3 Å². The van der Waals surface area contributed by atoms with E-state index >= 15 is 0 Å². The number of oxazole rings is 1. The summed E-state index contributed by atoms with van der Waals surface area (Å²) in [5.74, 6) is 0.404. The van der Waals surface area contributed by atoms with Gasteiger partial charge in [-0.1, -0.05) is 0 Å². The van der Waals surface area contributed by atoms with Crippen molar-refractivity contribution in [3.8, 4) is 11.5 Å². The molecule has 1 aliphatic rings. The average molecular weight is 431 g/mol. The lowest BCUT2D eigenvalue weighted by molar-refractivity contribution is -0.137. The van der Waals surface area contributed by atoms with Gasteiger partial charge in [0.2, 0.25) is 5.89 Å². The van der Waals surface area contributed by atoms with Gasteiger partial charge in [0.05, 0.1) is 17.3 Å². The van der Waals surface area contributed by atoms with Crippen LogP contribution in [0.4, 0.5) is 19.0 Å². The van der Waals surface area contributed by atoms with Gasteiger partial charge in [-0.25, -0.2) is 15.0 Å². The number of hydrogen-bond acceptors (Lipinski definition) is 6. The van der Waals surface area contributed by atoms with Crippen molar-refractivity contribution in [1.82, 2.24) is 19.9 Å². The number of carbonyl (C=O) groups excluding carboxylic acids is 1. The van der Waals surface area contributed by atoms with Crippen LogP contribution in [0, 0.1) is 6.92 Å². The monoisotopic (exact) mass is 431 g/mol. The zero-order chi connectivity index (χ0) is 22.0. The summed E-state index contributed by atoms with van der Waals surface area (Å²) in [5, 5.41) is 3.13. The first-order chi connectivity index (χ1) is 14.8. The van der Waals surface area contributed by atoms with E-state index in [1.165, 1.54) is 18.5 Å². The number of alkyl halides is 3. The Morgan fingerprint density at radius 3 is 2.74 bits per heavy atom. The van der Waals surface area contributed by atoms with Gasteiger partial charge in [0, 0.05) is 31.0 Å². The van der Waals surface area contributed by atoms with Gasteiger partial charge >= 0.3 is 6.18 Å². The molecule has 0 spiro atoms. The van der Waals surface area contributed by atoms with Gasteiger partial charge < -0.3 is 14.6 Å². The number of piperidine rings is 1.